The van der Waals surface area contributed by atoms with E-state index in [0.717, 1.165) is 16.5 Å². The number of carbonyl (C=O) groups excluding carboxylic acids is 2. The Morgan fingerprint density at radius 2 is 1.79 bits per heavy atom. The summed E-state index contributed by atoms with van der Waals surface area (Å²) in [6.07, 6.45) is 0.878. The second-order valence-corrected chi connectivity index (χ2v) is 7.82. The third kappa shape index (κ3) is 4.67. The van der Waals surface area contributed by atoms with E-state index in [1.807, 2.05) is 31.2 Å². The molecule has 3 aromatic rings. The first-order chi connectivity index (χ1) is 13.5. The molecule has 0 aliphatic rings. The first kappa shape index (κ1) is 20.3. The molecule has 28 heavy (non-hydrogen) atoms. The molecule has 0 saturated carbocycles. The van der Waals surface area contributed by atoms with Crippen LogP contribution in [0.25, 0.3) is 10.1 Å². The van der Waals surface area contributed by atoms with Crippen LogP contribution < -0.4 is 16.0 Å². The van der Waals surface area contributed by atoms with Crippen LogP contribution in [-0.4, -0.2) is 23.5 Å². The lowest BCUT2D eigenvalue weighted by atomic mass is 10.2. The average Bonchev–Trinajstić information content (AvgIpc) is 3.03. The maximum Gasteiger partial charge on any atom is 0.269 e. The van der Waals surface area contributed by atoms with Gasteiger partial charge in [-0.15, -0.1) is 11.3 Å². The highest BCUT2D eigenvalue weighted by atomic mass is 35.5. The second kappa shape index (κ2) is 9.14. The summed E-state index contributed by atoms with van der Waals surface area (Å²) in [5.74, 6) is -0.483. The Hall–Kier alpha value is -2.48. The Morgan fingerprint density at radius 1 is 1.07 bits per heavy atom. The summed E-state index contributed by atoms with van der Waals surface area (Å²) in [4.78, 5) is 24.8. The predicted octanol–water partition coefficient (Wildman–Crippen LogP) is 4.82. The van der Waals surface area contributed by atoms with E-state index in [0.29, 0.717) is 27.7 Å². The van der Waals surface area contributed by atoms with Gasteiger partial charge in [0.25, 0.3) is 11.8 Å². The van der Waals surface area contributed by atoms with Crippen molar-refractivity contribution in [1.29, 1.82) is 0 Å². The summed E-state index contributed by atoms with van der Waals surface area (Å²) >= 11 is 12.9. The smallest absolute Gasteiger partial charge is 0.269 e. The summed E-state index contributed by atoms with van der Waals surface area (Å²) in [6, 6.07) is 14.4. The van der Waals surface area contributed by atoms with Crippen molar-refractivity contribution >= 4 is 67.9 Å². The fourth-order valence-electron chi connectivity index (χ4n) is 2.53. The molecule has 3 rings (SSSR count). The van der Waals surface area contributed by atoms with Crippen LogP contribution >= 0.6 is 35.2 Å². The van der Waals surface area contributed by atoms with Crippen molar-refractivity contribution in [3.05, 3.63) is 64.0 Å². The number of hydrogen-bond acceptors (Lipinski definition) is 4. The van der Waals surface area contributed by atoms with Crippen LogP contribution in [-0.2, 0) is 0 Å². The van der Waals surface area contributed by atoms with E-state index >= 15 is 0 Å². The van der Waals surface area contributed by atoms with Gasteiger partial charge in [-0.3, -0.25) is 14.9 Å². The van der Waals surface area contributed by atoms with Gasteiger partial charge in [0, 0.05) is 27.9 Å². The molecule has 1 aromatic heterocycles. The van der Waals surface area contributed by atoms with Gasteiger partial charge in [-0.1, -0.05) is 36.7 Å². The third-order valence-corrected chi connectivity index (χ3v) is 5.79. The van der Waals surface area contributed by atoms with E-state index in [-0.39, 0.29) is 16.9 Å². The number of halogens is 1. The highest BCUT2D eigenvalue weighted by Gasteiger charge is 2.17. The van der Waals surface area contributed by atoms with Gasteiger partial charge >= 0.3 is 0 Å². The maximum absolute atomic E-state index is 12.5. The quantitative estimate of drug-likeness (QED) is 0.506. The number of rotatable bonds is 5. The number of hydrogen-bond donors (Lipinski definition) is 3. The zero-order valence-corrected chi connectivity index (χ0v) is 17.4. The van der Waals surface area contributed by atoms with Gasteiger partial charge in [-0.2, -0.15) is 0 Å². The molecule has 0 fully saturated rings. The van der Waals surface area contributed by atoms with Gasteiger partial charge in [-0.05, 0) is 49.0 Å². The van der Waals surface area contributed by atoms with E-state index in [4.69, 9.17) is 23.8 Å². The van der Waals surface area contributed by atoms with Gasteiger partial charge in [0.15, 0.2) is 5.11 Å². The van der Waals surface area contributed by atoms with Crippen molar-refractivity contribution in [1.82, 2.24) is 10.6 Å². The van der Waals surface area contributed by atoms with Crippen LogP contribution in [0.15, 0.2) is 48.5 Å². The topological polar surface area (TPSA) is 70.2 Å². The van der Waals surface area contributed by atoms with Crippen molar-refractivity contribution in [3.8, 4) is 0 Å². The highest BCUT2D eigenvalue weighted by molar-refractivity contribution is 7.80. The number of anilines is 1. The number of thiophene rings is 1. The fourth-order valence-corrected chi connectivity index (χ4v) is 4.15. The zero-order valence-electron chi connectivity index (χ0n) is 15.0. The Kier molecular flexibility index (Phi) is 6.61. The molecule has 8 heteroatoms. The average molecular weight is 432 g/mol. The molecule has 0 atom stereocenters. The Morgan fingerprint density at radius 3 is 2.46 bits per heavy atom. The van der Waals surface area contributed by atoms with Crippen LogP contribution in [0.3, 0.4) is 0 Å². The molecule has 2 aromatic carbocycles. The molecule has 0 aliphatic heterocycles. The Bertz CT molecular complexity index is 1030. The van der Waals surface area contributed by atoms with E-state index in [1.165, 1.54) is 11.3 Å². The zero-order chi connectivity index (χ0) is 20.1. The standard InChI is InChI=1S/C20H18ClN3O2S2/c1-2-11-22-18(25)12-7-9-13(10-8-12)23-20(27)24-19(26)17-16(21)14-5-3-4-6-15(14)28-17/h3-10H,2,11H2,1H3,(H,22,25)(H2,23,24,26,27). The number of nitrogens with one attached hydrogen (secondary N) is 3. The minimum atomic E-state index is -0.362. The summed E-state index contributed by atoms with van der Waals surface area (Å²) < 4.78 is 0.938. The molecule has 144 valence electrons. The number of amides is 2. The van der Waals surface area contributed by atoms with E-state index in [2.05, 4.69) is 16.0 Å². The predicted molar refractivity (Wildman–Crippen MR) is 120 cm³/mol. The maximum atomic E-state index is 12.5. The van der Waals surface area contributed by atoms with Crippen molar-refractivity contribution in [2.75, 3.05) is 11.9 Å². The molecule has 3 N–H and O–H groups in total. The fraction of sp³-hybridized carbons (Fsp3) is 0.150. The van der Waals surface area contributed by atoms with Crippen molar-refractivity contribution in [2.24, 2.45) is 0 Å². The minimum Gasteiger partial charge on any atom is -0.352 e. The van der Waals surface area contributed by atoms with Crippen molar-refractivity contribution in [2.45, 2.75) is 13.3 Å². The number of fused-ring (bicyclic) bond motifs is 1. The van der Waals surface area contributed by atoms with Crippen LogP contribution in [0.2, 0.25) is 5.02 Å². The molecule has 0 unspecified atom stereocenters. The highest BCUT2D eigenvalue weighted by Crippen LogP contribution is 2.34. The molecular formula is C20H18ClN3O2S2. The number of thiocarbonyl (C=S) groups is 1. The number of carbonyl (C=O) groups is 2. The van der Waals surface area contributed by atoms with Crippen LogP contribution in [0.5, 0.6) is 0 Å². The molecule has 5 nitrogen and oxygen atoms in total. The molecule has 0 saturated heterocycles. The van der Waals surface area contributed by atoms with Crippen LogP contribution in [0.1, 0.15) is 33.4 Å². The third-order valence-electron chi connectivity index (χ3n) is 3.91. The van der Waals surface area contributed by atoms with Crippen LogP contribution in [0.4, 0.5) is 5.69 Å². The summed E-state index contributed by atoms with van der Waals surface area (Å²) in [6.45, 7) is 2.63. The lowest BCUT2D eigenvalue weighted by molar-refractivity contribution is 0.0951. The lowest BCUT2D eigenvalue weighted by Crippen LogP contribution is -2.33. The first-order valence-corrected chi connectivity index (χ1v) is 10.3. The minimum absolute atomic E-state index is 0.122. The van der Waals surface area contributed by atoms with Gasteiger partial charge < -0.3 is 10.6 Å². The Labute approximate surface area is 177 Å². The van der Waals surface area contributed by atoms with E-state index in [1.54, 1.807) is 24.3 Å². The molecule has 0 spiro atoms. The molecule has 1 heterocycles. The van der Waals surface area contributed by atoms with Gasteiger partial charge in [0.05, 0.1) is 5.02 Å². The van der Waals surface area contributed by atoms with Crippen molar-refractivity contribution in [3.63, 3.8) is 0 Å². The monoisotopic (exact) mass is 431 g/mol. The van der Waals surface area contributed by atoms with E-state index < -0.39 is 0 Å². The summed E-state index contributed by atoms with van der Waals surface area (Å²) in [5, 5.41) is 9.81. The van der Waals surface area contributed by atoms with Gasteiger partial charge in [0.2, 0.25) is 0 Å². The molecule has 0 bridgehead atoms. The molecule has 0 aliphatic carbocycles. The number of benzene rings is 2. The van der Waals surface area contributed by atoms with Gasteiger partial charge in [0.1, 0.15) is 4.88 Å². The second-order valence-electron chi connectivity index (χ2n) is 5.98. The lowest BCUT2D eigenvalue weighted by Gasteiger charge is -2.10. The Balaban J connectivity index is 1.62. The summed E-state index contributed by atoms with van der Waals surface area (Å²) in [5.41, 5.74) is 1.23. The largest absolute Gasteiger partial charge is 0.352 e. The van der Waals surface area contributed by atoms with E-state index in [9.17, 15) is 9.59 Å². The molecule has 2 amide bonds. The SMILES string of the molecule is CCCNC(=O)c1ccc(NC(=S)NC(=O)c2sc3ccccc3c2Cl)cc1. The normalized spacial score (nSPS) is 10.5. The first-order valence-electron chi connectivity index (χ1n) is 8.67. The molecular weight excluding hydrogens is 414 g/mol. The van der Waals surface area contributed by atoms with Crippen molar-refractivity contribution < 1.29 is 9.59 Å². The summed E-state index contributed by atoms with van der Waals surface area (Å²) in [7, 11) is 0. The van der Waals surface area contributed by atoms with Crippen LogP contribution in [0, 0.1) is 0 Å². The molecule has 0 radical (unpaired) electrons. The van der Waals surface area contributed by atoms with Gasteiger partial charge in [-0.25, -0.2) is 0 Å².